The summed E-state index contributed by atoms with van der Waals surface area (Å²) in [6, 6.07) is 0. The minimum Gasteiger partial charge on any atom is -0.466 e. The van der Waals surface area contributed by atoms with E-state index >= 15 is 0 Å². The van der Waals surface area contributed by atoms with Gasteiger partial charge in [0.15, 0.2) is 0 Å². The molecule has 5 heteroatoms. The Morgan fingerprint density at radius 1 is 1.47 bits per heavy atom. The van der Waals surface area contributed by atoms with E-state index in [9.17, 15) is 9.90 Å². The molecule has 5 nitrogen and oxygen atoms in total. The van der Waals surface area contributed by atoms with Gasteiger partial charge in [0.2, 0.25) is 0 Å². The predicted molar refractivity (Wildman–Crippen MR) is 72.9 cm³/mol. The molecular weight excluding hydrogens is 246 g/mol. The Kier molecular flexibility index (Phi) is 7.34. The van der Waals surface area contributed by atoms with E-state index in [-0.39, 0.29) is 18.0 Å². The van der Waals surface area contributed by atoms with Crippen molar-refractivity contribution in [2.45, 2.75) is 45.8 Å². The number of carbonyl (C=O) groups is 1. The van der Waals surface area contributed by atoms with Crippen molar-refractivity contribution in [1.82, 2.24) is 4.90 Å². The van der Waals surface area contributed by atoms with E-state index in [2.05, 4.69) is 4.90 Å². The maximum absolute atomic E-state index is 11.7. The smallest absolute Gasteiger partial charge is 0.310 e. The third kappa shape index (κ3) is 6.36. The zero-order chi connectivity index (χ0) is 14.3. The first-order valence-electron chi connectivity index (χ1n) is 7.21. The monoisotopic (exact) mass is 273 g/mol. The fourth-order valence-corrected chi connectivity index (χ4v) is 2.33. The second kappa shape index (κ2) is 8.51. The molecule has 0 bridgehead atoms. The minimum atomic E-state index is -0.497. The summed E-state index contributed by atoms with van der Waals surface area (Å²) in [5.41, 5.74) is 0. The molecule has 1 fully saturated rings. The highest BCUT2D eigenvalue weighted by Gasteiger charge is 2.27. The molecule has 0 aromatic heterocycles. The molecule has 0 saturated carbocycles. The van der Waals surface area contributed by atoms with Gasteiger partial charge in [-0.25, -0.2) is 0 Å². The zero-order valence-corrected chi connectivity index (χ0v) is 12.3. The van der Waals surface area contributed by atoms with Crippen molar-refractivity contribution in [2.24, 2.45) is 5.92 Å². The molecular formula is C14H27NO4. The van der Waals surface area contributed by atoms with Gasteiger partial charge in [0.1, 0.15) is 0 Å². The number of aliphatic hydroxyl groups is 1. The van der Waals surface area contributed by atoms with Gasteiger partial charge in [-0.15, -0.1) is 0 Å². The standard InChI is InChI=1S/C14H27NO4/c1-4-18-14(17)12-6-5-7-15(8-12)9-13(16)10-19-11(2)3/h11-13,16H,4-10H2,1-3H3/t12-,13?/m0/s1. The average molecular weight is 273 g/mol. The van der Waals surface area contributed by atoms with E-state index in [0.717, 1.165) is 19.4 Å². The molecule has 1 aliphatic rings. The number of ether oxygens (including phenoxy) is 2. The summed E-state index contributed by atoms with van der Waals surface area (Å²) < 4.78 is 10.5. The lowest BCUT2D eigenvalue weighted by molar-refractivity contribution is -0.150. The van der Waals surface area contributed by atoms with E-state index in [0.29, 0.717) is 26.3 Å². The van der Waals surface area contributed by atoms with Crippen LogP contribution in [0.4, 0.5) is 0 Å². The van der Waals surface area contributed by atoms with Crippen LogP contribution in [-0.4, -0.2) is 61.0 Å². The number of nitrogens with zero attached hydrogens (tertiary/aromatic N) is 1. The summed E-state index contributed by atoms with van der Waals surface area (Å²) in [5, 5.41) is 9.90. The number of rotatable bonds is 7. The zero-order valence-electron chi connectivity index (χ0n) is 12.3. The van der Waals surface area contributed by atoms with Crippen LogP contribution in [-0.2, 0) is 14.3 Å². The minimum absolute atomic E-state index is 0.0492. The lowest BCUT2D eigenvalue weighted by Gasteiger charge is -2.32. The van der Waals surface area contributed by atoms with Crippen molar-refractivity contribution < 1.29 is 19.4 Å². The molecule has 1 saturated heterocycles. The van der Waals surface area contributed by atoms with E-state index in [1.807, 2.05) is 20.8 Å². The summed E-state index contributed by atoms with van der Waals surface area (Å²) in [6.07, 6.45) is 1.49. The first kappa shape index (κ1) is 16.4. The van der Waals surface area contributed by atoms with Crippen LogP contribution in [0.25, 0.3) is 0 Å². The largest absolute Gasteiger partial charge is 0.466 e. The van der Waals surface area contributed by atoms with E-state index in [1.54, 1.807) is 0 Å². The van der Waals surface area contributed by atoms with Crippen LogP contribution in [0, 0.1) is 5.92 Å². The van der Waals surface area contributed by atoms with Crippen molar-refractivity contribution >= 4 is 5.97 Å². The van der Waals surface area contributed by atoms with E-state index in [4.69, 9.17) is 9.47 Å². The van der Waals surface area contributed by atoms with Crippen molar-refractivity contribution in [2.75, 3.05) is 32.8 Å². The molecule has 19 heavy (non-hydrogen) atoms. The predicted octanol–water partition coefficient (Wildman–Crippen LogP) is 1.05. The summed E-state index contributed by atoms with van der Waals surface area (Å²) in [7, 11) is 0. The Bertz CT molecular complexity index is 270. The number of likely N-dealkylation sites (tertiary alicyclic amines) is 1. The van der Waals surface area contributed by atoms with Gasteiger partial charge in [-0.2, -0.15) is 0 Å². The maximum Gasteiger partial charge on any atom is 0.310 e. The van der Waals surface area contributed by atoms with Crippen molar-refractivity contribution in [3.8, 4) is 0 Å². The Hall–Kier alpha value is -0.650. The number of piperidine rings is 1. The Morgan fingerprint density at radius 3 is 2.84 bits per heavy atom. The number of β-amino-alcohol motifs (C(OH)–C–C–N with tert-alkyl or cyclic N) is 1. The van der Waals surface area contributed by atoms with Crippen LogP contribution in [0.1, 0.15) is 33.6 Å². The Morgan fingerprint density at radius 2 is 2.21 bits per heavy atom. The van der Waals surface area contributed by atoms with Gasteiger partial charge in [-0.05, 0) is 40.2 Å². The van der Waals surface area contributed by atoms with Crippen LogP contribution in [0.3, 0.4) is 0 Å². The average Bonchev–Trinajstić information content (AvgIpc) is 2.37. The molecule has 0 spiro atoms. The Balaban J connectivity index is 2.32. The summed E-state index contributed by atoms with van der Waals surface area (Å²) >= 11 is 0. The normalized spacial score (nSPS) is 22.5. The highest BCUT2D eigenvalue weighted by atomic mass is 16.5. The number of hydrogen-bond donors (Lipinski definition) is 1. The second-order valence-electron chi connectivity index (χ2n) is 5.39. The first-order valence-corrected chi connectivity index (χ1v) is 7.21. The van der Waals surface area contributed by atoms with Gasteiger partial charge in [0.25, 0.3) is 0 Å². The second-order valence-corrected chi connectivity index (χ2v) is 5.39. The van der Waals surface area contributed by atoms with Crippen molar-refractivity contribution in [3.05, 3.63) is 0 Å². The lowest BCUT2D eigenvalue weighted by atomic mass is 9.98. The topological polar surface area (TPSA) is 59.0 Å². The first-order chi connectivity index (χ1) is 9.02. The fraction of sp³-hybridized carbons (Fsp3) is 0.929. The van der Waals surface area contributed by atoms with Crippen molar-refractivity contribution in [1.29, 1.82) is 0 Å². The van der Waals surface area contributed by atoms with Crippen molar-refractivity contribution in [3.63, 3.8) is 0 Å². The highest BCUT2D eigenvalue weighted by Crippen LogP contribution is 2.18. The van der Waals surface area contributed by atoms with Crippen LogP contribution >= 0.6 is 0 Å². The van der Waals surface area contributed by atoms with Crippen LogP contribution in [0.2, 0.25) is 0 Å². The van der Waals surface area contributed by atoms with Gasteiger partial charge in [-0.1, -0.05) is 0 Å². The molecule has 0 aromatic rings. The molecule has 0 aromatic carbocycles. The molecule has 0 amide bonds. The van der Waals surface area contributed by atoms with E-state index < -0.39 is 6.10 Å². The van der Waals surface area contributed by atoms with Gasteiger partial charge >= 0.3 is 5.97 Å². The summed E-state index contributed by atoms with van der Waals surface area (Å²) in [5.74, 6) is -0.160. The number of aliphatic hydroxyl groups excluding tert-OH is 1. The number of hydrogen-bond acceptors (Lipinski definition) is 5. The van der Waals surface area contributed by atoms with Crippen LogP contribution in [0.15, 0.2) is 0 Å². The highest BCUT2D eigenvalue weighted by molar-refractivity contribution is 5.72. The quantitative estimate of drug-likeness (QED) is 0.703. The number of esters is 1. The molecule has 1 unspecified atom stereocenters. The van der Waals surface area contributed by atoms with Gasteiger partial charge in [-0.3, -0.25) is 9.69 Å². The van der Waals surface area contributed by atoms with E-state index in [1.165, 1.54) is 0 Å². The SMILES string of the molecule is CCOC(=O)[C@H]1CCCN(CC(O)COC(C)C)C1. The van der Waals surface area contributed by atoms with Crippen LogP contribution in [0.5, 0.6) is 0 Å². The third-order valence-corrected chi connectivity index (χ3v) is 3.22. The molecule has 1 N–H and O–H groups in total. The molecule has 1 rings (SSSR count). The molecule has 1 heterocycles. The lowest BCUT2D eigenvalue weighted by Crippen LogP contribution is -2.44. The maximum atomic E-state index is 11.7. The van der Waals surface area contributed by atoms with Gasteiger partial charge in [0.05, 0.1) is 31.3 Å². The molecule has 2 atom stereocenters. The fourth-order valence-electron chi connectivity index (χ4n) is 2.33. The molecule has 1 aliphatic heterocycles. The van der Waals surface area contributed by atoms with Gasteiger partial charge in [0, 0.05) is 13.1 Å². The van der Waals surface area contributed by atoms with Gasteiger partial charge < -0.3 is 14.6 Å². The molecule has 0 aliphatic carbocycles. The third-order valence-electron chi connectivity index (χ3n) is 3.22. The summed E-state index contributed by atoms with van der Waals surface area (Å²) in [4.78, 5) is 13.8. The number of carbonyl (C=O) groups excluding carboxylic acids is 1. The molecule has 112 valence electrons. The Labute approximate surface area is 115 Å². The molecule has 0 radical (unpaired) electrons. The summed E-state index contributed by atoms with van der Waals surface area (Å²) in [6.45, 7) is 8.66. The van der Waals surface area contributed by atoms with Crippen LogP contribution < -0.4 is 0 Å².